The number of aromatic nitrogens is 1. The summed E-state index contributed by atoms with van der Waals surface area (Å²) in [6.07, 6.45) is -4.64. The van der Waals surface area contributed by atoms with E-state index in [1.807, 2.05) is 5.32 Å². The lowest BCUT2D eigenvalue weighted by Gasteiger charge is -2.13. The molecular formula is C15H12F3N3O4S. The van der Waals surface area contributed by atoms with Gasteiger partial charge >= 0.3 is 12.1 Å². The van der Waals surface area contributed by atoms with Gasteiger partial charge in [0.05, 0.1) is 11.3 Å². The lowest BCUT2D eigenvalue weighted by molar-refractivity contribution is -0.137. The Balaban J connectivity index is 1.94. The standard InChI is InChI=1S/C15H12F3N3O4S/c1-8(22)19-14-21-11(7-26-14)13(24)25-6-12(23)20-10-5-3-2-4-9(10)15(16,17)18/h2-5,7H,6H2,1H3,(H,20,23)(H,19,21,22). The Morgan fingerprint density at radius 1 is 1.19 bits per heavy atom. The van der Waals surface area contributed by atoms with E-state index >= 15 is 0 Å². The van der Waals surface area contributed by atoms with Crippen LogP contribution in [0.25, 0.3) is 0 Å². The highest BCUT2D eigenvalue weighted by Crippen LogP contribution is 2.34. The average molecular weight is 387 g/mol. The molecule has 0 bridgehead atoms. The Bertz CT molecular complexity index is 836. The summed E-state index contributed by atoms with van der Waals surface area (Å²) >= 11 is 0.978. The third kappa shape index (κ3) is 5.28. The monoisotopic (exact) mass is 387 g/mol. The summed E-state index contributed by atoms with van der Waals surface area (Å²) in [7, 11) is 0. The molecule has 11 heteroatoms. The molecule has 2 rings (SSSR count). The van der Waals surface area contributed by atoms with Gasteiger partial charge in [-0.05, 0) is 12.1 Å². The van der Waals surface area contributed by atoms with E-state index in [2.05, 4.69) is 10.3 Å². The van der Waals surface area contributed by atoms with Gasteiger partial charge in [0.2, 0.25) is 5.91 Å². The SMILES string of the molecule is CC(=O)Nc1nc(C(=O)OCC(=O)Nc2ccccc2C(F)(F)F)cs1. The number of nitrogens with zero attached hydrogens (tertiary/aromatic N) is 1. The lowest BCUT2D eigenvalue weighted by atomic mass is 10.1. The van der Waals surface area contributed by atoms with E-state index in [1.165, 1.54) is 24.4 Å². The van der Waals surface area contributed by atoms with Gasteiger partial charge in [0.1, 0.15) is 0 Å². The van der Waals surface area contributed by atoms with E-state index in [0.717, 1.165) is 23.5 Å². The number of carbonyl (C=O) groups excluding carboxylic acids is 3. The van der Waals surface area contributed by atoms with Gasteiger partial charge in [-0.15, -0.1) is 11.3 Å². The summed E-state index contributed by atoms with van der Waals surface area (Å²) in [5, 5.41) is 5.90. The number of thiazole rings is 1. The van der Waals surface area contributed by atoms with Crippen LogP contribution in [-0.2, 0) is 20.5 Å². The molecule has 0 saturated carbocycles. The maximum Gasteiger partial charge on any atom is 0.418 e. The third-order valence-electron chi connectivity index (χ3n) is 2.84. The summed E-state index contributed by atoms with van der Waals surface area (Å²) in [5.74, 6) is -2.26. The number of hydrogen-bond donors (Lipinski definition) is 2. The number of alkyl halides is 3. The molecule has 0 aliphatic heterocycles. The van der Waals surface area contributed by atoms with Crippen LogP contribution >= 0.6 is 11.3 Å². The zero-order valence-corrected chi connectivity index (χ0v) is 14.0. The molecule has 0 saturated heterocycles. The number of esters is 1. The Labute approximate surface area is 149 Å². The smallest absolute Gasteiger partial charge is 0.418 e. The normalized spacial score (nSPS) is 10.9. The summed E-state index contributed by atoms with van der Waals surface area (Å²) < 4.78 is 43.3. The molecule has 1 aromatic heterocycles. The van der Waals surface area contributed by atoms with Gasteiger partial charge in [-0.2, -0.15) is 13.2 Å². The molecule has 7 nitrogen and oxygen atoms in total. The predicted octanol–water partition coefficient (Wildman–Crippen LogP) is 2.92. The molecule has 0 atom stereocenters. The summed E-state index contributed by atoms with van der Waals surface area (Å²) in [4.78, 5) is 38.2. The summed E-state index contributed by atoms with van der Waals surface area (Å²) in [5.41, 5.74) is -1.59. The van der Waals surface area contributed by atoms with Gasteiger partial charge in [0.15, 0.2) is 17.4 Å². The fourth-order valence-electron chi connectivity index (χ4n) is 1.81. The zero-order valence-electron chi connectivity index (χ0n) is 13.2. The van der Waals surface area contributed by atoms with Crippen LogP contribution in [0.1, 0.15) is 23.0 Å². The minimum atomic E-state index is -4.64. The second kappa shape index (κ2) is 7.95. The molecule has 0 aliphatic carbocycles. The van der Waals surface area contributed by atoms with Crippen LogP contribution in [0, 0.1) is 0 Å². The molecule has 0 fully saturated rings. The lowest BCUT2D eigenvalue weighted by Crippen LogP contribution is -2.22. The van der Waals surface area contributed by atoms with Crippen molar-refractivity contribution in [2.24, 2.45) is 0 Å². The first kappa shape index (κ1) is 19.4. The molecule has 0 unspecified atom stereocenters. The Morgan fingerprint density at radius 3 is 2.54 bits per heavy atom. The van der Waals surface area contributed by atoms with E-state index in [-0.39, 0.29) is 16.7 Å². The Morgan fingerprint density at radius 2 is 1.88 bits per heavy atom. The maximum absolute atomic E-state index is 12.9. The van der Waals surface area contributed by atoms with Crippen LogP contribution in [0.5, 0.6) is 0 Å². The van der Waals surface area contributed by atoms with E-state index < -0.39 is 35.9 Å². The van der Waals surface area contributed by atoms with Crippen molar-refractivity contribution in [2.75, 3.05) is 17.2 Å². The number of carbonyl (C=O) groups is 3. The van der Waals surface area contributed by atoms with Crippen molar-refractivity contribution in [3.8, 4) is 0 Å². The first-order chi connectivity index (χ1) is 12.2. The zero-order chi connectivity index (χ0) is 19.3. The number of para-hydroxylation sites is 1. The molecule has 2 N–H and O–H groups in total. The minimum absolute atomic E-state index is 0.137. The van der Waals surface area contributed by atoms with Gasteiger partial charge in [-0.1, -0.05) is 12.1 Å². The molecule has 0 radical (unpaired) electrons. The molecular weight excluding hydrogens is 375 g/mol. The molecule has 0 spiro atoms. The van der Waals surface area contributed by atoms with Crippen molar-refractivity contribution < 1.29 is 32.3 Å². The van der Waals surface area contributed by atoms with Gasteiger partial charge in [-0.3, -0.25) is 9.59 Å². The number of amides is 2. The van der Waals surface area contributed by atoms with Crippen molar-refractivity contribution >= 4 is 39.9 Å². The fourth-order valence-corrected chi connectivity index (χ4v) is 2.53. The van der Waals surface area contributed by atoms with Crippen LogP contribution in [0.4, 0.5) is 24.0 Å². The highest BCUT2D eigenvalue weighted by atomic mass is 32.1. The molecule has 1 heterocycles. The number of hydrogen-bond acceptors (Lipinski definition) is 6. The Kier molecular flexibility index (Phi) is 5.93. The average Bonchev–Trinajstić information content (AvgIpc) is 3.00. The van der Waals surface area contributed by atoms with Crippen LogP contribution in [0.3, 0.4) is 0 Å². The first-order valence-corrected chi connectivity index (χ1v) is 7.91. The van der Waals surface area contributed by atoms with Crippen LogP contribution in [0.15, 0.2) is 29.6 Å². The minimum Gasteiger partial charge on any atom is -0.451 e. The first-order valence-electron chi connectivity index (χ1n) is 7.03. The van der Waals surface area contributed by atoms with Crippen molar-refractivity contribution in [3.63, 3.8) is 0 Å². The summed E-state index contributed by atoms with van der Waals surface area (Å²) in [6, 6.07) is 4.42. The van der Waals surface area contributed by atoms with E-state index in [0.29, 0.717) is 0 Å². The second-order valence-corrected chi connectivity index (χ2v) is 5.74. The predicted molar refractivity (Wildman–Crippen MR) is 86.8 cm³/mol. The molecule has 26 heavy (non-hydrogen) atoms. The van der Waals surface area contributed by atoms with Crippen LogP contribution < -0.4 is 10.6 Å². The number of halogens is 3. The van der Waals surface area contributed by atoms with Gasteiger partial charge in [-0.25, -0.2) is 9.78 Å². The number of rotatable bonds is 5. The Hall–Kier alpha value is -2.95. The highest BCUT2D eigenvalue weighted by Gasteiger charge is 2.33. The second-order valence-electron chi connectivity index (χ2n) is 4.89. The molecule has 138 valence electrons. The molecule has 0 aliphatic rings. The molecule has 2 amide bonds. The number of benzene rings is 1. The van der Waals surface area contributed by atoms with Crippen molar-refractivity contribution in [1.29, 1.82) is 0 Å². The fraction of sp³-hybridized carbons (Fsp3) is 0.200. The summed E-state index contributed by atoms with van der Waals surface area (Å²) in [6.45, 7) is 0.473. The quantitative estimate of drug-likeness (QED) is 0.769. The van der Waals surface area contributed by atoms with E-state index in [9.17, 15) is 27.6 Å². The van der Waals surface area contributed by atoms with Gasteiger partial charge in [0.25, 0.3) is 5.91 Å². The largest absolute Gasteiger partial charge is 0.451 e. The van der Waals surface area contributed by atoms with E-state index in [4.69, 9.17) is 4.74 Å². The van der Waals surface area contributed by atoms with Gasteiger partial charge < -0.3 is 15.4 Å². The van der Waals surface area contributed by atoms with Gasteiger partial charge in [0, 0.05) is 12.3 Å². The van der Waals surface area contributed by atoms with Crippen molar-refractivity contribution in [3.05, 3.63) is 40.9 Å². The van der Waals surface area contributed by atoms with Crippen LogP contribution in [0.2, 0.25) is 0 Å². The number of ether oxygens (including phenoxy) is 1. The van der Waals surface area contributed by atoms with Crippen LogP contribution in [-0.4, -0.2) is 29.4 Å². The van der Waals surface area contributed by atoms with Crippen molar-refractivity contribution in [2.45, 2.75) is 13.1 Å². The molecule has 1 aromatic carbocycles. The van der Waals surface area contributed by atoms with Crippen molar-refractivity contribution in [1.82, 2.24) is 4.98 Å². The number of nitrogens with one attached hydrogen (secondary N) is 2. The number of anilines is 2. The maximum atomic E-state index is 12.9. The highest BCUT2D eigenvalue weighted by molar-refractivity contribution is 7.14. The van der Waals surface area contributed by atoms with E-state index in [1.54, 1.807) is 0 Å². The topological polar surface area (TPSA) is 97.4 Å². The molecule has 2 aromatic rings. The third-order valence-corrected chi connectivity index (χ3v) is 3.59.